The molecule has 3 nitrogen and oxygen atoms in total. The lowest BCUT2D eigenvalue weighted by Crippen LogP contribution is -2.45. The van der Waals surface area contributed by atoms with Crippen LogP contribution in [0.4, 0.5) is 0 Å². The van der Waals surface area contributed by atoms with Crippen molar-refractivity contribution in [3.05, 3.63) is 0 Å². The van der Waals surface area contributed by atoms with Crippen LogP contribution in [0, 0.1) is 11.8 Å². The monoisotopic (exact) mass is 281 g/mol. The zero-order valence-electron chi connectivity index (χ0n) is 13.9. The van der Waals surface area contributed by atoms with Crippen molar-refractivity contribution in [2.45, 2.75) is 52.0 Å². The van der Waals surface area contributed by atoms with Crippen LogP contribution in [0.25, 0.3) is 0 Å². The Labute approximate surface area is 126 Å². The van der Waals surface area contributed by atoms with E-state index in [1.807, 2.05) is 0 Å². The van der Waals surface area contributed by atoms with E-state index in [-0.39, 0.29) is 0 Å². The number of nitrogens with zero attached hydrogens (tertiary/aromatic N) is 2. The van der Waals surface area contributed by atoms with Crippen LogP contribution in [0.5, 0.6) is 0 Å². The normalized spacial score (nSPS) is 30.0. The van der Waals surface area contributed by atoms with Gasteiger partial charge in [-0.2, -0.15) is 0 Å². The standard InChI is InChI=1S/C17H35N3/c1-15(2)16-5-7-17(8-6-16)18-9-4-10-20-13-11-19(3)12-14-20/h15-18H,4-14H2,1-3H3. The van der Waals surface area contributed by atoms with Gasteiger partial charge in [0, 0.05) is 32.2 Å². The molecule has 0 bridgehead atoms. The van der Waals surface area contributed by atoms with E-state index >= 15 is 0 Å². The molecular formula is C17H35N3. The highest BCUT2D eigenvalue weighted by molar-refractivity contribution is 4.78. The van der Waals surface area contributed by atoms with Crippen LogP contribution < -0.4 is 5.32 Å². The van der Waals surface area contributed by atoms with Gasteiger partial charge in [-0.05, 0) is 64.1 Å². The number of nitrogens with one attached hydrogen (secondary N) is 1. The molecule has 0 aromatic rings. The van der Waals surface area contributed by atoms with E-state index < -0.39 is 0 Å². The van der Waals surface area contributed by atoms with Crippen molar-refractivity contribution in [3.8, 4) is 0 Å². The lowest BCUT2D eigenvalue weighted by Gasteiger charge is -2.33. The first-order chi connectivity index (χ1) is 9.65. The fraction of sp³-hybridized carbons (Fsp3) is 1.00. The summed E-state index contributed by atoms with van der Waals surface area (Å²) in [6.45, 7) is 12.3. The highest BCUT2D eigenvalue weighted by Gasteiger charge is 2.22. The highest BCUT2D eigenvalue weighted by Crippen LogP contribution is 2.29. The quantitative estimate of drug-likeness (QED) is 0.754. The smallest absolute Gasteiger partial charge is 0.0110 e. The van der Waals surface area contributed by atoms with Gasteiger partial charge in [-0.15, -0.1) is 0 Å². The van der Waals surface area contributed by atoms with Gasteiger partial charge in [0.15, 0.2) is 0 Å². The van der Waals surface area contributed by atoms with Gasteiger partial charge in [-0.3, -0.25) is 0 Å². The third kappa shape index (κ3) is 5.34. The summed E-state index contributed by atoms with van der Waals surface area (Å²) in [5, 5.41) is 3.79. The molecule has 3 heteroatoms. The molecule has 1 saturated heterocycles. The molecular weight excluding hydrogens is 246 g/mol. The molecule has 118 valence electrons. The largest absolute Gasteiger partial charge is 0.314 e. The maximum Gasteiger partial charge on any atom is 0.0110 e. The molecule has 1 N–H and O–H groups in total. The second-order valence-electron chi connectivity index (χ2n) is 7.31. The lowest BCUT2D eigenvalue weighted by atomic mass is 9.80. The Morgan fingerprint density at radius 3 is 2.25 bits per heavy atom. The molecule has 0 unspecified atom stereocenters. The number of piperazine rings is 1. The van der Waals surface area contributed by atoms with Gasteiger partial charge in [-0.1, -0.05) is 13.8 Å². The third-order valence-electron chi connectivity index (χ3n) is 5.39. The maximum absolute atomic E-state index is 3.79. The maximum atomic E-state index is 3.79. The first kappa shape index (κ1) is 16.3. The molecule has 2 rings (SSSR count). The van der Waals surface area contributed by atoms with Gasteiger partial charge in [0.25, 0.3) is 0 Å². The van der Waals surface area contributed by atoms with Crippen molar-refractivity contribution in [2.75, 3.05) is 46.3 Å². The SMILES string of the molecule is CC(C)C1CCC(NCCCN2CCN(C)CC2)CC1. The van der Waals surface area contributed by atoms with Gasteiger partial charge in [0.05, 0.1) is 0 Å². The van der Waals surface area contributed by atoms with E-state index in [4.69, 9.17) is 0 Å². The summed E-state index contributed by atoms with van der Waals surface area (Å²) in [4.78, 5) is 5.05. The van der Waals surface area contributed by atoms with Gasteiger partial charge in [0.2, 0.25) is 0 Å². The molecule has 2 fully saturated rings. The number of hydrogen-bond acceptors (Lipinski definition) is 3. The van der Waals surface area contributed by atoms with E-state index in [9.17, 15) is 0 Å². The summed E-state index contributed by atoms with van der Waals surface area (Å²) >= 11 is 0. The summed E-state index contributed by atoms with van der Waals surface area (Å²) < 4.78 is 0. The number of hydrogen-bond donors (Lipinski definition) is 1. The second-order valence-corrected chi connectivity index (χ2v) is 7.31. The van der Waals surface area contributed by atoms with Crippen LogP contribution in [0.2, 0.25) is 0 Å². The average molecular weight is 281 g/mol. The molecule has 2 aliphatic rings. The Morgan fingerprint density at radius 1 is 1.00 bits per heavy atom. The van der Waals surface area contributed by atoms with Crippen LogP contribution >= 0.6 is 0 Å². The van der Waals surface area contributed by atoms with Crippen LogP contribution in [-0.2, 0) is 0 Å². The van der Waals surface area contributed by atoms with Crippen LogP contribution in [-0.4, -0.2) is 62.2 Å². The molecule has 20 heavy (non-hydrogen) atoms. The van der Waals surface area contributed by atoms with E-state index in [0.717, 1.165) is 17.9 Å². The van der Waals surface area contributed by atoms with Gasteiger partial charge in [-0.25, -0.2) is 0 Å². The molecule has 0 radical (unpaired) electrons. The van der Waals surface area contributed by atoms with Gasteiger partial charge in [0.1, 0.15) is 0 Å². The lowest BCUT2D eigenvalue weighted by molar-refractivity contribution is 0.151. The Kier molecular flexibility index (Phi) is 6.79. The van der Waals surface area contributed by atoms with Gasteiger partial charge < -0.3 is 15.1 Å². The van der Waals surface area contributed by atoms with Crippen molar-refractivity contribution in [1.29, 1.82) is 0 Å². The summed E-state index contributed by atoms with van der Waals surface area (Å²) in [5.41, 5.74) is 0. The summed E-state index contributed by atoms with van der Waals surface area (Å²) in [6, 6.07) is 0.803. The molecule has 0 atom stereocenters. The Balaban J connectivity index is 1.49. The first-order valence-corrected chi connectivity index (χ1v) is 8.79. The third-order valence-corrected chi connectivity index (χ3v) is 5.39. The first-order valence-electron chi connectivity index (χ1n) is 8.79. The summed E-state index contributed by atoms with van der Waals surface area (Å²) in [7, 11) is 2.23. The predicted octanol–water partition coefficient (Wildman–Crippen LogP) is 2.43. The molecule has 1 heterocycles. The molecule has 0 aromatic heterocycles. The minimum atomic E-state index is 0.803. The Hall–Kier alpha value is -0.120. The van der Waals surface area contributed by atoms with Crippen LogP contribution in [0.15, 0.2) is 0 Å². The van der Waals surface area contributed by atoms with Crippen molar-refractivity contribution in [3.63, 3.8) is 0 Å². The second kappa shape index (κ2) is 8.35. The van der Waals surface area contributed by atoms with E-state index in [0.29, 0.717) is 0 Å². The van der Waals surface area contributed by atoms with Crippen molar-refractivity contribution < 1.29 is 0 Å². The van der Waals surface area contributed by atoms with Crippen molar-refractivity contribution in [1.82, 2.24) is 15.1 Å². The van der Waals surface area contributed by atoms with Crippen LogP contribution in [0.1, 0.15) is 46.0 Å². The zero-order valence-corrected chi connectivity index (χ0v) is 13.9. The van der Waals surface area contributed by atoms with E-state index in [2.05, 4.69) is 36.0 Å². The van der Waals surface area contributed by atoms with Crippen molar-refractivity contribution >= 4 is 0 Å². The molecule has 1 aliphatic carbocycles. The average Bonchev–Trinajstić information content (AvgIpc) is 2.46. The van der Waals surface area contributed by atoms with E-state index in [1.165, 1.54) is 71.4 Å². The summed E-state index contributed by atoms with van der Waals surface area (Å²) in [6.07, 6.45) is 6.99. The molecule has 1 saturated carbocycles. The topological polar surface area (TPSA) is 18.5 Å². The van der Waals surface area contributed by atoms with Crippen LogP contribution in [0.3, 0.4) is 0 Å². The summed E-state index contributed by atoms with van der Waals surface area (Å²) in [5.74, 6) is 1.87. The molecule has 0 aromatic carbocycles. The predicted molar refractivity (Wildman–Crippen MR) is 87.1 cm³/mol. The van der Waals surface area contributed by atoms with Crippen molar-refractivity contribution in [2.24, 2.45) is 11.8 Å². The minimum absolute atomic E-state index is 0.803. The number of likely N-dealkylation sites (N-methyl/N-ethyl adjacent to an activating group) is 1. The minimum Gasteiger partial charge on any atom is -0.314 e. The Bertz CT molecular complexity index is 251. The molecule has 0 spiro atoms. The number of rotatable bonds is 6. The Morgan fingerprint density at radius 2 is 1.65 bits per heavy atom. The fourth-order valence-corrected chi connectivity index (χ4v) is 3.67. The molecule has 1 aliphatic heterocycles. The fourth-order valence-electron chi connectivity index (χ4n) is 3.67. The molecule has 0 amide bonds. The van der Waals surface area contributed by atoms with Gasteiger partial charge >= 0.3 is 0 Å². The zero-order chi connectivity index (χ0) is 14.4. The highest BCUT2D eigenvalue weighted by atomic mass is 15.2. The van der Waals surface area contributed by atoms with E-state index in [1.54, 1.807) is 0 Å².